The lowest BCUT2D eigenvalue weighted by Gasteiger charge is -2.22. The molecule has 7 heteroatoms. The van der Waals surface area contributed by atoms with E-state index in [4.69, 9.17) is 16.6 Å². The molecule has 0 aromatic rings. The molecule has 0 saturated carbocycles. The number of hydrogen-bond donors (Lipinski definition) is 3. The quantitative estimate of drug-likeness (QED) is 0.456. The highest BCUT2D eigenvalue weighted by Gasteiger charge is 2.42. The van der Waals surface area contributed by atoms with Gasteiger partial charge >= 0.3 is 7.40 Å². The Hall–Kier alpha value is -0.460. The van der Waals surface area contributed by atoms with Crippen molar-refractivity contribution < 1.29 is 32.5 Å². The Labute approximate surface area is 82.2 Å². The molecular formula is C6H13ClF2N2O2. The van der Waals surface area contributed by atoms with Crippen molar-refractivity contribution in [3.8, 4) is 0 Å². The van der Waals surface area contributed by atoms with Gasteiger partial charge in [0.2, 0.25) is 0 Å². The molecular weight excluding hydrogens is 206 g/mol. The van der Waals surface area contributed by atoms with Gasteiger partial charge in [-0.05, 0) is 19.4 Å². The van der Waals surface area contributed by atoms with E-state index >= 15 is 0 Å². The van der Waals surface area contributed by atoms with Crippen LogP contribution < -0.4 is 23.9 Å². The topological polar surface area (TPSA) is 89.3 Å². The number of alkyl halides is 2. The van der Waals surface area contributed by atoms with Crippen LogP contribution in [0.5, 0.6) is 0 Å². The molecule has 0 bridgehead atoms. The van der Waals surface area contributed by atoms with Gasteiger partial charge in [0, 0.05) is 0 Å². The van der Waals surface area contributed by atoms with Crippen molar-refractivity contribution in [1.29, 1.82) is 0 Å². The summed E-state index contributed by atoms with van der Waals surface area (Å²) >= 11 is 0. The third-order valence-electron chi connectivity index (χ3n) is 1.58. The summed E-state index contributed by atoms with van der Waals surface area (Å²) in [6, 6.07) is 0. The highest BCUT2D eigenvalue weighted by molar-refractivity contribution is 5.79. The van der Waals surface area contributed by atoms with Gasteiger partial charge in [0.25, 0.3) is 6.43 Å². The first kappa shape index (κ1) is 15.0. The van der Waals surface area contributed by atoms with E-state index in [2.05, 4.69) is 0 Å². The lowest BCUT2D eigenvalue weighted by molar-refractivity contribution is -0.150. The molecule has 13 heavy (non-hydrogen) atoms. The van der Waals surface area contributed by atoms with Gasteiger partial charge < -0.3 is 29.0 Å². The second-order valence-electron chi connectivity index (χ2n) is 2.54. The first-order valence-electron chi connectivity index (χ1n) is 3.45. The maximum absolute atomic E-state index is 12.1. The van der Waals surface area contributed by atoms with E-state index < -0.39 is 17.9 Å². The standard InChI is InChI=1S/C6H12F2N2O2.ClH/c7-4(8)6(10,5(11)12)2-1-3-9;/h4H,1-3,9-10H2,(H,11,12);1H. The number of hydrogen-bond acceptors (Lipinski definition) is 3. The molecule has 1 unspecified atom stereocenters. The summed E-state index contributed by atoms with van der Waals surface area (Å²) in [5.41, 5.74) is 7.56. The molecule has 0 aliphatic heterocycles. The van der Waals surface area contributed by atoms with Crippen LogP contribution in [0.2, 0.25) is 0 Å². The fraction of sp³-hybridized carbons (Fsp3) is 0.833. The molecule has 0 rings (SSSR count). The maximum Gasteiger partial charge on any atom is 1.00 e. The molecule has 0 amide bonds. The number of aliphatic carboxylic acids is 1. The number of nitrogens with two attached hydrogens (primary N) is 2. The lowest BCUT2D eigenvalue weighted by Crippen LogP contribution is -3.00. The Morgan fingerprint density at radius 3 is 2.31 bits per heavy atom. The van der Waals surface area contributed by atoms with Gasteiger partial charge in [0.1, 0.15) is 0 Å². The molecule has 0 spiro atoms. The van der Waals surface area contributed by atoms with Crippen LogP contribution in [0.1, 0.15) is 14.3 Å². The summed E-state index contributed by atoms with van der Waals surface area (Å²) in [6.45, 7) is 0.152. The number of rotatable bonds is 5. The fourth-order valence-corrected chi connectivity index (χ4v) is 0.704. The van der Waals surface area contributed by atoms with E-state index in [1.54, 1.807) is 0 Å². The lowest BCUT2D eigenvalue weighted by atomic mass is 9.95. The molecule has 0 aliphatic rings. The molecule has 4 nitrogen and oxygen atoms in total. The van der Waals surface area contributed by atoms with Gasteiger partial charge in [-0.2, -0.15) is 0 Å². The Morgan fingerprint density at radius 2 is 2.08 bits per heavy atom. The number of carboxylic acid groups (broad SMARTS) is 1. The third kappa shape index (κ3) is 3.84. The van der Waals surface area contributed by atoms with Gasteiger partial charge in [-0.15, -0.1) is 0 Å². The normalized spacial score (nSPS) is 14.8. The molecule has 0 aliphatic carbocycles. The minimum Gasteiger partial charge on any atom is -1.00 e. The van der Waals surface area contributed by atoms with Gasteiger partial charge in [-0.3, -0.25) is 0 Å². The number of halogens is 3. The summed E-state index contributed by atoms with van der Waals surface area (Å²) in [5.74, 6) is -1.69. The smallest absolute Gasteiger partial charge is 1.00 e. The van der Waals surface area contributed by atoms with E-state index in [9.17, 15) is 13.6 Å². The van der Waals surface area contributed by atoms with Gasteiger partial charge in [0.05, 0.1) is 0 Å². The predicted octanol–water partition coefficient (Wildman–Crippen LogP) is -3.11. The molecule has 80 valence electrons. The summed E-state index contributed by atoms with van der Waals surface area (Å²) in [4.78, 5) is 10.3. The van der Waals surface area contributed by atoms with Crippen LogP contribution >= 0.6 is 0 Å². The van der Waals surface area contributed by atoms with Crippen LogP contribution in [-0.4, -0.2) is 29.6 Å². The van der Waals surface area contributed by atoms with E-state index in [0.717, 1.165) is 0 Å². The average Bonchev–Trinajstić information content (AvgIpc) is 1.99. The summed E-state index contributed by atoms with van der Waals surface area (Å²) in [5, 5.41) is 8.38. The highest BCUT2D eigenvalue weighted by atomic mass is 35.5. The second kappa shape index (κ2) is 6.06. The highest BCUT2D eigenvalue weighted by Crippen LogP contribution is 2.18. The minimum atomic E-state index is -3.07. The minimum absolute atomic E-state index is 0. The van der Waals surface area contributed by atoms with Crippen molar-refractivity contribution in [2.45, 2.75) is 24.8 Å². The molecule has 0 aromatic carbocycles. The zero-order valence-corrected chi connectivity index (χ0v) is 7.60. The number of carboxylic acids is 1. The second-order valence-corrected chi connectivity index (χ2v) is 2.54. The average molecular weight is 219 g/mol. The van der Waals surface area contributed by atoms with Gasteiger partial charge in [0.15, 0.2) is 5.54 Å². The van der Waals surface area contributed by atoms with Crippen molar-refractivity contribution in [1.82, 2.24) is 0 Å². The monoisotopic (exact) mass is 218 g/mol. The molecule has 0 fully saturated rings. The number of carbonyl (C=O) groups is 1. The molecule has 0 radical (unpaired) electrons. The van der Waals surface area contributed by atoms with Gasteiger partial charge in [-0.25, -0.2) is 13.6 Å². The van der Waals surface area contributed by atoms with Crippen LogP contribution in [0.3, 0.4) is 0 Å². The van der Waals surface area contributed by atoms with Crippen LogP contribution in [0.25, 0.3) is 0 Å². The van der Waals surface area contributed by atoms with Crippen LogP contribution in [0.15, 0.2) is 0 Å². The zero-order chi connectivity index (χ0) is 9.78. The molecule has 5 N–H and O–H groups in total. The first-order chi connectivity index (χ1) is 5.45. The summed E-state index contributed by atoms with van der Waals surface area (Å²) in [7, 11) is 0. The van der Waals surface area contributed by atoms with Crippen LogP contribution in [-0.2, 0) is 4.79 Å². The van der Waals surface area contributed by atoms with E-state index in [-0.39, 0.29) is 33.2 Å². The van der Waals surface area contributed by atoms with Crippen LogP contribution in [0.4, 0.5) is 8.78 Å². The Balaban J connectivity index is -0.000000605. The summed E-state index contributed by atoms with van der Waals surface area (Å²) < 4.78 is 24.2. The third-order valence-corrected chi connectivity index (χ3v) is 1.58. The zero-order valence-electron chi connectivity index (χ0n) is 7.84. The van der Waals surface area contributed by atoms with E-state index in [0.29, 0.717) is 0 Å². The van der Waals surface area contributed by atoms with E-state index in [1.807, 2.05) is 0 Å². The largest absolute Gasteiger partial charge is 1.00 e. The van der Waals surface area contributed by atoms with E-state index in [1.165, 1.54) is 0 Å². The Bertz CT molecular complexity index is 176. The first-order valence-corrected chi connectivity index (χ1v) is 3.45. The molecule has 0 heterocycles. The Morgan fingerprint density at radius 1 is 1.62 bits per heavy atom. The Kier molecular flexibility index (Phi) is 7.01. The van der Waals surface area contributed by atoms with Crippen molar-refractivity contribution in [2.24, 2.45) is 11.5 Å². The fourth-order valence-electron chi connectivity index (χ4n) is 0.704. The van der Waals surface area contributed by atoms with Crippen LogP contribution in [0, 0.1) is 0 Å². The molecule has 0 saturated heterocycles. The summed E-state index contributed by atoms with van der Waals surface area (Å²) in [6.07, 6.45) is -3.20. The SMILES string of the molecule is NCCCC(N)(C(=O)O)C(F)F.[Cl-].[H+]. The van der Waals surface area contributed by atoms with Crippen molar-refractivity contribution >= 4 is 5.97 Å². The molecule has 0 aromatic heterocycles. The van der Waals surface area contributed by atoms with Gasteiger partial charge in [-0.1, -0.05) is 0 Å². The predicted molar refractivity (Wildman–Crippen MR) is 40.0 cm³/mol. The molecule has 1 atom stereocenters. The van der Waals surface area contributed by atoms with Crippen molar-refractivity contribution in [3.63, 3.8) is 0 Å². The van der Waals surface area contributed by atoms with Crippen molar-refractivity contribution in [3.05, 3.63) is 0 Å². The van der Waals surface area contributed by atoms with Crippen molar-refractivity contribution in [2.75, 3.05) is 6.54 Å². The maximum atomic E-state index is 12.1.